The Morgan fingerprint density at radius 2 is 2.53 bits per heavy atom. The number of rotatable bonds is 6. The zero-order valence-corrected chi connectivity index (χ0v) is 8.96. The molecular formula is C9H12N4OS. The average molecular weight is 224 g/mol. The predicted molar refractivity (Wildman–Crippen MR) is 57.5 cm³/mol. The van der Waals surface area contributed by atoms with E-state index in [0.29, 0.717) is 0 Å². The minimum Gasteiger partial charge on any atom is -0.472 e. The summed E-state index contributed by atoms with van der Waals surface area (Å²) in [6, 6.07) is 1.95. The van der Waals surface area contributed by atoms with Crippen molar-refractivity contribution in [3.05, 3.63) is 30.5 Å². The number of thioether (sulfide) groups is 1. The summed E-state index contributed by atoms with van der Waals surface area (Å²) in [6.07, 6.45) is 4.94. The van der Waals surface area contributed by atoms with Gasteiger partial charge >= 0.3 is 0 Å². The number of hydrogen-bond acceptors (Lipinski definition) is 5. The van der Waals surface area contributed by atoms with Crippen LogP contribution in [0.25, 0.3) is 0 Å². The van der Waals surface area contributed by atoms with Crippen LogP contribution in [0.3, 0.4) is 0 Å². The first kappa shape index (κ1) is 10.3. The maximum atomic E-state index is 4.96. The minimum absolute atomic E-state index is 0.841. The molecular weight excluding hydrogens is 212 g/mol. The molecule has 0 spiro atoms. The second-order valence-electron chi connectivity index (χ2n) is 2.95. The smallest absolute Gasteiger partial charge is 0.183 e. The Morgan fingerprint density at radius 3 is 3.27 bits per heavy atom. The van der Waals surface area contributed by atoms with Gasteiger partial charge in [-0.2, -0.15) is 5.10 Å². The fraction of sp³-hybridized carbons (Fsp3) is 0.333. The van der Waals surface area contributed by atoms with E-state index in [1.54, 1.807) is 24.3 Å². The van der Waals surface area contributed by atoms with Crippen molar-refractivity contribution in [2.75, 3.05) is 12.3 Å². The molecule has 0 atom stereocenters. The molecule has 80 valence electrons. The van der Waals surface area contributed by atoms with Crippen LogP contribution < -0.4 is 5.32 Å². The van der Waals surface area contributed by atoms with Crippen LogP contribution in [0.5, 0.6) is 0 Å². The van der Waals surface area contributed by atoms with Crippen molar-refractivity contribution in [1.29, 1.82) is 0 Å². The zero-order valence-electron chi connectivity index (χ0n) is 8.14. The van der Waals surface area contributed by atoms with E-state index in [1.165, 1.54) is 11.9 Å². The van der Waals surface area contributed by atoms with Crippen LogP contribution in [-0.4, -0.2) is 27.5 Å². The van der Waals surface area contributed by atoms with Crippen molar-refractivity contribution in [3.63, 3.8) is 0 Å². The number of aromatic nitrogens is 3. The highest BCUT2D eigenvalue weighted by molar-refractivity contribution is 7.99. The van der Waals surface area contributed by atoms with Crippen molar-refractivity contribution in [1.82, 2.24) is 20.5 Å². The number of nitrogens with one attached hydrogen (secondary N) is 2. The third kappa shape index (κ3) is 3.41. The van der Waals surface area contributed by atoms with Crippen LogP contribution >= 0.6 is 11.8 Å². The van der Waals surface area contributed by atoms with Gasteiger partial charge in [0, 0.05) is 24.4 Å². The summed E-state index contributed by atoms with van der Waals surface area (Å²) in [5, 5.41) is 10.7. The van der Waals surface area contributed by atoms with Crippen molar-refractivity contribution in [3.8, 4) is 0 Å². The van der Waals surface area contributed by atoms with Crippen LogP contribution in [0, 0.1) is 0 Å². The Hall–Kier alpha value is -1.27. The van der Waals surface area contributed by atoms with Crippen molar-refractivity contribution < 1.29 is 4.42 Å². The second kappa shape index (κ2) is 5.57. The maximum absolute atomic E-state index is 4.96. The topological polar surface area (TPSA) is 66.7 Å². The SMILES string of the molecule is c1n[nH]c(SCCNCc2ccoc2)n1. The lowest BCUT2D eigenvalue weighted by atomic mass is 10.3. The minimum atomic E-state index is 0.841. The highest BCUT2D eigenvalue weighted by Gasteiger charge is 1.96. The molecule has 2 aromatic heterocycles. The molecule has 2 aromatic rings. The van der Waals surface area contributed by atoms with Crippen molar-refractivity contribution >= 4 is 11.8 Å². The van der Waals surface area contributed by atoms with E-state index >= 15 is 0 Å². The second-order valence-corrected chi connectivity index (χ2v) is 4.03. The van der Waals surface area contributed by atoms with Crippen LogP contribution in [0.15, 0.2) is 34.5 Å². The molecule has 15 heavy (non-hydrogen) atoms. The Balaban J connectivity index is 1.56. The van der Waals surface area contributed by atoms with Crippen LogP contribution in [-0.2, 0) is 6.54 Å². The molecule has 0 amide bonds. The number of aromatic amines is 1. The molecule has 0 bridgehead atoms. The number of H-pyrrole nitrogens is 1. The van der Waals surface area contributed by atoms with Crippen LogP contribution in [0.1, 0.15) is 5.56 Å². The van der Waals surface area contributed by atoms with Crippen LogP contribution in [0.4, 0.5) is 0 Å². The summed E-state index contributed by atoms with van der Waals surface area (Å²) >= 11 is 1.65. The normalized spacial score (nSPS) is 10.7. The van der Waals surface area contributed by atoms with Crippen molar-refractivity contribution in [2.45, 2.75) is 11.7 Å². The first-order valence-electron chi connectivity index (χ1n) is 4.65. The van der Waals surface area contributed by atoms with E-state index < -0.39 is 0 Å². The zero-order chi connectivity index (χ0) is 10.3. The molecule has 0 radical (unpaired) electrons. The summed E-state index contributed by atoms with van der Waals surface area (Å²) in [6.45, 7) is 1.77. The average Bonchev–Trinajstić information content (AvgIpc) is 2.88. The summed E-state index contributed by atoms with van der Waals surface area (Å²) in [4.78, 5) is 4.02. The third-order valence-electron chi connectivity index (χ3n) is 1.82. The Kier molecular flexibility index (Phi) is 3.81. The lowest BCUT2D eigenvalue weighted by Crippen LogP contribution is -2.16. The fourth-order valence-corrected chi connectivity index (χ4v) is 1.79. The quantitative estimate of drug-likeness (QED) is 0.571. The first-order valence-corrected chi connectivity index (χ1v) is 5.63. The maximum Gasteiger partial charge on any atom is 0.183 e. The summed E-state index contributed by atoms with van der Waals surface area (Å²) in [5.41, 5.74) is 1.17. The Bertz CT molecular complexity index is 323. The van der Waals surface area contributed by atoms with Gasteiger partial charge in [-0.3, -0.25) is 5.10 Å². The molecule has 0 unspecified atom stereocenters. The molecule has 0 saturated carbocycles. The molecule has 2 rings (SSSR count). The standard InChI is InChI=1S/C9H12N4OS/c1-3-14-6-8(1)5-10-2-4-15-9-11-7-12-13-9/h1,3,6-7,10H,2,4-5H2,(H,11,12,13). The monoisotopic (exact) mass is 224 g/mol. The molecule has 2 heterocycles. The largest absolute Gasteiger partial charge is 0.472 e. The van der Waals surface area contributed by atoms with Gasteiger partial charge in [0.1, 0.15) is 6.33 Å². The molecule has 0 aliphatic carbocycles. The molecule has 0 saturated heterocycles. The predicted octanol–water partition coefficient (Wildman–Crippen LogP) is 1.28. The van der Waals surface area contributed by atoms with Gasteiger partial charge in [-0.25, -0.2) is 4.98 Å². The molecule has 5 nitrogen and oxygen atoms in total. The van der Waals surface area contributed by atoms with E-state index in [1.807, 2.05) is 6.07 Å². The third-order valence-corrected chi connectivity index (χ3v) is 2.70. The highest BCUT2D eigenvalue weighted by atomic mass is 32.2. The van der Waals surface area contributed by atoms with Gasteiger partial charge in [-0.15, -0.1) is 0 Å². The van der Waals surface area contributed by atoms with Gasteiger partial charge in [-0.05, 0) is 6.07 Å². The fourth-order valence-electron chi connectivity index (χ4n) is 1.11. The molecule has 2 N–H and O–H groups in total. The van der Waals surface area contributed by atoms with E-state index in [-0.39, 0.29) is 0 Å². The molecule has 6 heteroatoms. The number of nitrogens with zero attached hydrogens (tertiary/aromatic N) is 2. The molecule has 0 fully saturated rings. The number of furan rings is 1. The van der Waals surface area contributed by atoms with E-state index in [2.05, 4.69) is 20.5 Å². The van der Waals surface area contributed by atoms with E-state index in [4.69, 9.17) is 4.42 Å². The van der Waals surface area contributed by atoms with Gasteiger partial charge in [0.15, 0.2) is 5.16 Å². The summed E-state index contributed by atoms with van der Waals surface area (Å²) in [7, 11) is 0. The van der Waals surface area contributed by atoms with Gasteiger partial charge in [-0.1, -0.05) is 11.8 Å². The lowest BCUT2D eigenvalue weighted by Gasteiger charge is -2.00. The van der Waals surface area contributed by atoms with Gasteiger partial charge in [0.25, 0.3) is 0 Å². The summed E-state index contributed by atoms with van der Waals surface area (Å²) in [5.74, 6) is 0.965. The van der Waals surface area contributed by atoms with Crippen LogP contribution in [0.2, 0.25) is 0 Å². The molecule has 0 aliphatic rings. The Labute approximate surface area is 91.7 Å². The van der Waals surface area contributed by atoms with Gasteiger partial charge < -0.3 is 9.73 Å². The summed E-state index contributed by atoms with van der Waals surface area (Å²) < 4.78 is 4.96. The van der Waals surface area contributed by atoms with Gasteiger partial charge in [0.2, 0.25) is 0 Å². The highest BCUT2D eigenvalue weighted by Crippen LogP contribution is 2.08. The Morgan fingerprint density at radius 1 is 1.53 bits per heavy atom. The van der Waals surface area contributed by atoms with Crippen molar-refractivity contribution in [2.24, 2.45) is 0 Å². The molecule has 0 aliphatic heterocycles. The molecule has 0 aromatic carbocycles. The van der Waals surface area contributed by atoms with Gasteiger partial charge in [0.05, 0.1) is 12.5 Å². The number of hydrogen-bond donors (Lipinski definition) is 2. The van der Waals surface area contributed by atoms with E-state index in [0.717, 1.165) is 24.0 Å². The first-order chi connectivity index (χ1) is 7.45. The van der Waals surface area contributed by atoms with E-state index in [9.17, 15) is 0 Å². The lowest BCUT2D eigenvalue weighted by molar-refractivity contribution is 0.561.